The summed E-state index contributed by atoms with van der Waals surface area (Å²) in [5.41, 5.74) is 5.58. The van der Waals surface area contributed by atoms with Gasteiger partial charge in [0, 0.05) is 17.3 Å². The summed E-state index contributed by atoms with van der Waals surface area (Å²) in [6, 6.07) is 8.60. The molecule has 2 aromatic rings. The van der Waals surface area contributed by atoms with E-state index in [1.807, 2.05) is 6.07 Å². The van der Waals surface area contributed by atoms with E-state index in [9.17, 15) is 13.2 Å². The highest BCUT2D eigenvalue weighted by Gasteiger charge is 2.33. The molecule has 20 heavy (non-hydrogen) atoms. The van der Waals surface area contributed by atoms with E-state index in [1.165, 1.54) is 30.5 Å². The minimum atomic E-state index is -4.45. The van der Waals surface area contributed by atoms with Crippen molar-refractivity contribution >= 4 is 5.82 Å². The number of anilines is 1. The van der Waals surface area contributed by atoms with Crippen molar-refractivity contribution in [3.05, 3.63) is 47.7 Å². The maximum Gasteiger partial charge on any atom is 0.417 e. The summed E-state index contributed by atoms with van der Waals surface area (Å²) in [6.45, 7) is 0. The number of aromatic nitrogens is 1. The molecule has 0 saturated carbocycles. The SMILES string of the molecule is N#CCc1cc(-c2ccccc2C(F)(F)F)cnc1N. The van der Waals surface area contributed by atoms with E-state index in [0.717, 1.165) is 6.07 Å². The zero-order valence-electron chi connectivity index (χ0n) is 10.3. The van der Waals surface area contributed by atoms with E-state index in [0.29, 0.717) is 5.56 Å². The third-order valence-corrected chi connectivity index (χ3v) is 2.81. The molecule has 2 N–H and O–H groups in total. The minimum Gasteiger partial charge on any atom is -0.383 e. The number of pyridine rings is 1. The summed E-state index contributed by atoms with van der Waals surface area (Å²) in [5.74, 6) is 0.153. The normalized spacial score (nSPS) is 11.1. The lowest BCUT2D eigenvalue weighted by Gasteiger charge is -2.13. The molecular weight excluding hydrogens is 267 g/mol. The molecule has 0 bridgehead atoms. The summed E-state index contributed by atoms with van der Waals surface area (Å²) < 4.78 is 38.9. The highest BCUT2D eigenvalue weighted by molar-refractivity contribution is 5.69. The van der Waals surface area contributed by atoms with Crippen LogP contribution in [0.25, 0.3) is 11.1 Å². The van der Waals surface area contributed by atoms with Crippen LogP contribution in [-0.4, -0.2) is 4.98 Å². The fourth-order valence-corrected chi connectivity index (χ4v) is 1.88. The number of nitriles is 1. The average molecular weight is 277 g/mol. The quantitative estimate of drug-likeness (QED) is 0.914. The van der Waals surface area contributed by atoms with Crippen LogP contribution < -0.4 is 5.73 Å². The van der Waals surface area contributed by atoms with Gasteiger partial charge in [0.05, 0.1) is 18.1 Å². The Labute approximate surface area is 113 Å². The minimum absolute atomic E-state index is 0.000851. The van der Waals surface area contributed by atoms with Crippen LogP contribution in [0.4, 0.5) is 19.0 Å². The van der Waals surface area contributed by atoms with Gasteiger partial charge in [0.15, 0.2) is 0 Å². The summed E-state index contributed by atoms with van der Waals surface area (Å²) in [7, 11) is 0. The van der Waals surface area contributed by atoms with Gasteiger partial charge in [-0.05, 0) is 17.7 Å². The molecule has 3 nitrogen and oxygen atoms in total. The highest BCUT2D eigenvalue weighted by atomic mass is 19.4. The molecule has 6 heteroatoms. The van der Waals surface area contributed by atoms with Gasteiger partial charge in [-0.25, -0.2) is 4.98 Å². The predicted molar refractivity (Wildman–Crippen MR) is 68.4 cm³/mol. The van der Waals surface area contributed by atoms with Crippen molar-refractivity contribution in [1.29, 1.82) is 5.26 Å². The van der Waals surface area contributed by atoms with Crippen LogP contribution in [-0.2, 0) is 12.6 Å². The molecule has 0 aliphatic carbocycles. The first-order valence-electron chi connectivity index (χ1n) is 5.71. The van der Waals surface area contributed by atoms with Gasteiger partial charge in [0.2, 0.25) is 0 Å². The fraction of sp³-hybridized carbons (Fsp3) is 0.143. The van der Waals surface area contributed by atoms with Crippen LogP contribution in [0.2, 0.25) is 0 Å². The van der Waals surface area contributed by atoms with Crippen LogP contribution >= 0.6 is 0 Å². The Morgan fingerprint density at radius 2 is 1.95 bits per heavy atom. The molecule has 0 aliphatic heterocycles. The third-order valence-electron chi connectivity index (χ3n) is 2.81. The summed E-state index contributed by atoms with van der Waals surface area (Å²) >= 11 is 0. The van der Waals surface area contributed by atoms with Crippen molar-refractivity contribution in [3.8, 4) is 17.2 Å². The lowest BCUT2D eigenvalue weighted by atomic mass is 9.99. The standard InChI is InChI=1S/C14H10F3N3/c15-14(16,17)12-4-2-1-3-11(12)10-7-9(5-6-18)13(19)20-8-10/h1-4,7-8H,5H2,(H2,19,20). The van der Waals surface area contributed by atoms with E-state index in [-0.39, 0.29) is 23.4 Å². The van der Waals surface area contributed by atoms with E-state index in [2.05, 4.69) is 4.98 Å². The van der Waals surface area contributed by atoms with Gasteiger partial charge in [-0.1, -0.05) is 18.2 Å². The smallest absolute Gasteiger partial charge is 0.383 e. The maximum absolute atomic E-state index is 13.0. The third kappa shape index (κ3) is 2.72. The van der Waals surface area contributed by atoms with Gasteiger partial charge in [0.1, 0.15) is 5.82 Å². The number of alkyl halides is 3. The Hall–Kier alpha value is -2.55. The van der Waals surface area contributed by atoms with Crippen LogP contribution in [0.15, 0.2) is 36.5 Å². The van der Waals surface area contributed by atoms with Crippen molar-refractivity contribution in [3.63, 3.8) is 0 Å². The first-order chi connectivity index (χ1) is 9.43. The van der Waals surface area contributed by atoms with Crippen LogP contribution in [0.1, 0.15) is 11.1 Å². The number of benzene rings is 1. The van der Waals surface area contributed by atoms with Crippen LogP contribution in [0.3, 0.4) is 0 Å². The summed E-state index contributed by atoms with van der Waals surface area (Å²) in [5, 5.41) is 8.68. The average Bonchev–Trinajstić information content (AvgIpc) is 2.41. The lowest BCUT2D eigenvalue weighted by Crippen LogP contribution is -2.07. The van der Waals surface area contributed by atoms with Gasteiger partial charge in [0.25, 0.3) is 0 Å². The zero-order valence-corrected chi connectivity index (χ0v) is 10.3. The van der Waals surface area contributed by atoms with Crippen LogP contribution in [0, 0.1) is 11.3 Å². The molecule has 0 amide bonds. The molecule has 0 fully saturated rings. The molecule has 0 atom stereocenters. The van der Waals surface area contributed by atoms with Crippen molar-refractivity contribution in [1.82, 2.24) is 4.98 Å². The van der Waals surface area contributed by atoms with Gasteiger partial charge in [-0.2, -0.15) is 18.4 Å². The molecule has 1 aromatic heterocycles. The first kappa shape index (κ1) is 13.9. The molecule has 0 unspecified atom stereocenters. The second-order valence-electron chi connectivity index (χ2n) is 4.15. The van der Waals surface area contributed by atoms with Gasteiger partial charge in [-0.3, -0.25) is 0 Å². The summed E-state index contributed by atoms with van der Waals surface area (Å²) in [4.78, 5) is 3.86. The Kier molecular flexibility index (Phi) is 3.61. The Morgan fingerprint density at radius 1 is 1.25 bits per heavy atom. The van der Waals surface area contributed by atoms with E-state index in [4.69, 9.17) is 11.0 Å². The Morgan fingerprint density at radius 3 is 2.60 bits per heavy atom. The largest absolute Gasteiger partial charge is 0.417 e. The van der Waals surface area contributed by atoms with Crippen LogP contribution in [0.5, 0.6) is 0 Å². The lowest BCUT2D eigenvalue weighted by molar-refractivity contribution is -0.137. The monoisotopic (exact) mass is 277 g/mol. The topological polar surface area (TPSA) is 62.7 Å². The zero-order chi connectivity index (χ0) is 14.8. The van der Waals surface area contributed by atoms with E-state index in [1.54, 1.807) is 0 Å². The van der Waals surface area contributed by atoms with Gasteiger partial charge < -0.3 is 5.73 Å². The van der Waals surface area contributed by atoms with Gasteiger partial charge >= 0.3 is 6.18 Å². The number of nitrogens with zero attached hydrogens (tertiary/aromatic N) is 2. The number of hydrogen-bond acceptors (Lipinski definition) is 3. The summed E-state index contributed by atoms with van der Waals surface area (Å²) in [6.07, 6.45) is -3.17. The number of hydrogen-bond donors (Lipinski definition) is 1. The number of nitrogen functional groups attached to an aromatic ring is 1. The molecule has 0 aliphatic rings. The van der Waals surface area contributed by atoms with Crippen molar-refractivity contribution in [2.45, 2.75) is 12.6 Å². The molecule has 0 saturated heterocycles. The number of halogens is 3. The first-order valence-corrected chi connectivity index (χ1v) is 5.71. The number of rotatable bonds is 2. The second kappa shape index (κ2) is 5.21. The van der Waals surface area contributed by atoms with Crippen molar-refractivity contribution in [2.24, 2.45) is 0 Å². The fourth-order valence-electron chi connectivity index (χ4n) is 1.88. The highest BCUT2D eigenvalue weighted by Crippen LogP contribution is 2.37. The van der Waals surface area contributed by atoms with Gasteiger partial charge in [-0.15, -0.1) is 0 Å². The molecule has 102 valence electrons. The van der Waals surface area contributed by atoms with Crippen molar-refractivity contribution in [2.75, 3.05) is 5.73 Å². The predicted octanol–water partition coefficient (Wildman–Crippen LogP) is 3.42. The molecule has 1 heterocycles. The molecule has 0 radical (unpaired) electrons. The van der Waals surface area contributed by atoms with Crippen molar-refractivity contribution < 1.29 is 13.2 Å². The van der Waals surface area contributed by atoms with E-state index >= 15 is 0 Å². The molecule has 1 aromatic carbocycles. The Balaban J connectivity index is 2.58. The number of nitrogens with two attached hydrogens (primary N) is 1. The second-order valence-corrected chi connectivity index (χ2v) is 4.15. The maximum atomic E-state index is 13.0. The Bertz CT molecular complexity index is 672. The molecular formula is C14H10F3N3. The molecule has 0 spiro atoms. The van der Waals surface area contributed by atoms with E-state index < -0.39 is 11.7 Å². The molecule has 2 rings (SSSR count).